The van der Waals surface area contributed by atoms with Gasteiger partial charge < -0.3 is 4.74 Å². The van der Waals surface area contributed by atoms with Crippen molar-refractivity contribution in [3.63, 3.8) is 0 Å². The molecule has 3 N–H and O–H groups in total. The minimum absolute atomic E-state index is 0.406. The standard InChI is InChI=1S/C16H23BrN2O/c1-20-15-7-6-10(8-13(15)17)9-14(19-18)16-11-4-2-3-5-12(11)16/h6-8,11-12,14,16,19H,2-5,9,18H2,1H3. The van der Waals surface area contributed by atoms with E-state index in [1.54, 1.807) is 7.11 Å². The van der Waals surface area contributed by atoms with Crippen LogP contribution in [-0.4, -0.2) is 13.2 Å². The molecule has 2 fully saturated rings. The number of hydrogen-bond donors (Lipinski definition) is 2. The molecule has 2 saturated carbocycles. The van der Waals surface area contributed by atoms with E-state index in [4.69, 9.17) is 10.6 Å². The highest BCUT2D eigenvalue weighted by Gasteiger charge is 2.53. The lowest BCUT2D eigenvalue weighted by atomic mass is 10.0. The molecule has 0 aromatic heterocycles. The van der Waals surface area contributed by atoms with Gasteiger partial charge in [-0.2, -0.15) is 0 Å². The molecule has 3 unspecified atom stereocenters. The molecule has 3 atom stereocenters. The van der Waals surface area contributed by atoms with E-state index in [-0.39, 0.29) is 0 Å². The average molecular weight is 339 g/mol. The van der Waals surface area contributed by atoms with Gasteiger partial charge in [-0.15, -0.1) is 0 Å². The van der Waals surface area contributed by atoms with Gasteiger partial charge in [-0.1, -0.05) is 18.9 Å². The lowest BCUT2D eigenvalue weighted by molar-refractivity contribution is 0.411. The van der Waals surface area contributed by atoms with Crippen LogP contribution in [0.3, 0.4) is 0 Å². The van der Waals surface area contributed by atoms with E-state index >= 15 is 0 Å². The van der Waals surface area contributed by atoms with Crippen molar-refractivity contribution in [2.45, 2.75) is 38.1 Å². The van der Waals surface area contributed by atoms with Gasteiger partial charge in [0.15, 0.2) is 0 Å². The van der Waals surface area contributed by atoms with E-state index in [0.717, 1.165) is 34.4 Å². The van der Waals surface area contributed by atoms with E-state index in [0.29, 0.717) is 6.04 Å². The zero-order valence-corrected chi connectivity index (χ0v) is 13.5. The Morgan fingerprint density at radius 1 is 1.35 bits per heavy atom. The second-order valence-electron chi connectivity index (χ2n) is 6.14. The highest BCUT2D eigenvalue weighted by molar-refractivity contribution is 9.10. The highest BCUT2D eigenvalue weighted by Crippen LogP contribution is 2.57. The largest absolute Gasteiger partial charge is 0.496 e. The van der Waals surface area contributed by atoms with Gasteiger partial charge in [0.1, 0.15) is 5.75 Å². The first-order chi connectivity index (χ1) is 9.74. The maximum absolute atomic E-state index is 5.82. The topological polar surface area (TPSA) is 47.3 Å². The Labute approximate surface area is 129 Å². The summed E-state index contributed by atoms with van der Waals surface area (Å²) in [5, 5.41) is 0. The lowest BCUT2D eigenvalue weighted by Crippen LogP contribution is -2.39. The first kappa shape index (κ1) is 14.4. The zero-order valence-electron chi connectivity index (χ0n) is 11.9. The average Bonchev–Trinajstić information content (AvgIpc) is 3.19. The molecule has 3 rings (SSSR count). The summed E-state index contributed by atoms with van der Waals surface area (Å²) in [6, 6.07) is 6.71. The maximum Gasteiger partial charge on any atom is 0.133 e. The van der Waals surface area contributed by atoms with Gasteiger partial charge in [0.25, 0.3) is 0 Å². The normalized spacial score (nSPS) is 29.6. The number of nitrogens with one attached hydrogen (secondary N) is 1. The number of hydrazine groups is 1. The number of fused-ring (bicyclic) bond motifs is 1. The summed E-state index contributed by atoms with van der Waals surface area (Å²) < 4.78 is 6.30. The number of benzene rings is 1. The van der Waals surface area contributed by atoms with Crippen LogP contribution in [0.15, 0.2) is 22.7 Å². The van der Waals surface area contributed by atoms with Crippen molar-refractivity contribution in [3.05, 3.63) is 28.2 Å². The molecule has 1 aromatic carbocycles. The van der Waals surface area contributed by atoms with Crippen LogP contribution in [0.5, 0.6) is 5.75 Å². The van der Waals surface area contributed by atoms with Gasteiger partial charge in [-0.25, -0.2) is 0 Å². The van der Waals surface area contributed by atoms with E-state index < -0.39 is 0 Å². The van der Waals surface area contributed by atoms with Gasteiger partial charge in [-0.05, 0) is 70.6 Å². The predicted octanol–water partition coefficient (Wildman–Crippen LogP) is 3.27. The van der Waals surface area contributed by atoms with Crippen LogP contribution in [0, 0.1) is 17.8 Å². The molecule has 0 radical (unpaired) electrons. The van der Waals surface area contributed by atoms with E-state index in [1.165, 1.54) is 31.2 Å². The summed E-state index contributed by atoms with van der Waals surface area (Å²) in [5.74, 6) is 9.33. The van der Waals surface area contributed by atoms with Crippen molar-refractivity contribution in [3.8, 4) is 5.75 Å². The van der Waals surface area contributed by atoms with Crippen LogP contribution in [0.25, 0.3) is 0 Å². The monoisotopic (exact) mass is 338 g/mol. The summed E-state index contributed by atoms with van der Waals surface area (Å²) >= 11 is 3.56. The summed E-state index contributed by atoms with van der Waals surface area (Å²) in [6.07, 6.45) is 6.61. The van der Waals surface area contributed by atoms with Crippen molar-refractivity contribution < 1.29 is 4.74 Å². The third-order valence-corrected chi connectivity index (χ3v) is 5.69. The quantitative estimate of drug-likeness (QED) is 0.639. The van der Waals surface area contributed by atoms with Crippen molar-refractivity contribution in [2.24, 2.45) is 23.6 Å². The van der Waals surface area contributed by atoms with Crippen molar-refractivity contribution >= 4 is 15.9 Å². The Morgan fingerprint density at radius 3 is 2.60 bits per heavy atom. The van der Waals surface area contributed by atoms with Crippen LogP contribution >= 0.6 is 15.9 Å². The summed E-state index contributed by atoms with van der Waals surface area (Å²) in [7, 11) is 1.69. The van der Waals surface area contributed by atoms with Crippen LogP contribution in [0.4, 0.5) is 0 Å². The molecule has 0 saturated heterocycles. The summed E-state index contributed by atoms with van der Waals surface area (Å²) in [5.41, 5.74) is 4.38. The van der Waals surface area contributed by atoms with Crippen molar-refractivity contribution in [1.82, 2.24) is 5.43 Å². The third kappa shape index (κ3) is 2.74. The molecule has 4 heteroatoms. The molecular weight excluding hydrogens is 316 g/mol. The zero-order chi connectivity index (χ0) is 14.1. The van der Waals surface area contributed by atoms with Gasteiger partial charge in [0.05, 0.1) is 11.6 Å². The molecule has 0 bridgehead atoms. The minimum atomic E-state index is 0.406. The number of rotatable bonds is 5. The molecule has 3 nitrogen and oxygen atoms in total. The molecule has 20 heavy (non-hydrogen) atoms. The third-order valence-electron chi connectivity index (χ3n) is 5.07. The van der Waals surface area contributed by atoms with E-state index in [1.807, 2.05) is 6.07 Å². The molecular formula is C16H23BrN2O. The molecule has 110 valence electrons. The van der Waals surface area contributed by atoms with Gasteiger partial charge >= 0.3 is 0 Å². The second-order valence-corrected chi connectivity index (χ2v) is 6.99. The van der Waals surface area contributed by atoms with E-state index in [9.17, 15) is 0 Å². The predicted molar refractivity (Wildman–Crippen MR) is 84.4 cm³/mol. The molecule has 1 aromatic rings. The fourth-order valence-corrected chi connectivity index (χ4v) is 4.63. The van der Waals surface area contributed by atoms with Crippen LogP contribution in [-0.2, 0) is 6.42 Å². The van der Waals surface area contributed by atoms with Crippen molar-refractivity contribution in [2.75, 3.05) is 7.11 Å². The second kappa shape index (κ2) is 6.04. The van der Waals surface area contributed by atoms with Gasteiger partial charge in [0.2, 0.25) is 0 Å². The number of methoxy groups -OCH3 is 1. The summed E-state index contributed by atoms with van der Waals surface area (Å²) in [6.45, 7) is 0. The molecule has 2 aliphatic carbocycles. The van der Waals surface area contributed by atoms with E-state index in [2.05, 4.69) is 33.5 Å². The first-order valence-electron chi connectivity index (χ1n) is 7.53. The number of halogens is 1. The van der Waals surface area contributed by atoms with Gasteiger partial charge in [-0.3, -0.25) is 11.3 Å². The number of nitrogens with two attached hydrogens (primary N) is 1. The number of ether oxygens (including phenoxy) is 1. The fourth-order valence-electron chi connectivity index (χ4n) is 4.04. The Hall–Kier alpha value is -0.580. The van der Waals surface area contributed by atoms with Crippen LogP contribution in [0.2, 0.25) is 0 Å². The fraction of sp³-hybridized carbons (Fsp3) is 0.625. The Bertz CT molecular complexity index is 468. The minimum Gasteiger partial charge on any atom is -0.496 e. The summed E-state index contributed by atoms with van der Waals surface area (Å²) in [4.78, 5) is 0. The van der Waals surface area contributed by atoms with Crippen LogP contribution in [0.1, 0.15) is 31.2 Å². The Kier molecular flexibility index (Phi) is 4.34. The molecule has 0 spiro atoms. The SMILES string of the molecule is COc1ccc(CC(NN)C2C3CCCCC32)cc1Br. The van der Waals surface area contributed by atoms with Crippen molar-refractivity contribution in [1.29, 1.82) is 0 Å². The highest BCUT2D eigenvalue weighted by atomic mass is 79.9. The Balaban J connectivity index is 1.67. The molecule has 0 heterocycles. The molecule has 0 aliphatic heterocycles. The lowest BCUT2D eigenvalue weighted by Gasteiger charge is -2.17. The molecule has 2 aliphatic rings. The maximum atomic E-state index is 5.82. The Morgan fingerprint density at radius 2 is 2.05 bits per heavy atom. The number of hydrogen-bond acceptors (Lipinski definition) is 3. The van der Waals surface area contributed by atoms with Gasteiger partial charge in [0, 0.05) is 6.04 Å². The first-order valence-corrected chi connectivity index (χ1v) is 8.32. The smallest absolute Gasteiger partial charge is 0.133 e. The van der Waals surface area contributed by atoms with Crippen LogP contribution < -0.4 is 16.0 Å². The molecule has 0 amide bonds.